The summed E-state index contributed by atoms with van der Waals surface area (Å²) in [6, 6.07) is 0. The van der Waals surface area contributed by atoms with Crippen LogP contribution in [0.4, 0.5) is 26.3 Å². The zero-order valence-electron chi connectivity index (χ0n) is 12.6. The van der Waals surface area contributed by atoms with Gasteiger partial charge in [0.15, 0.2) is 23.3 Å². The summed E-state index contributed by atoms with van der Waals surface area (Å²) in [5, 5.41) is 0. The lowest BCUT2D eigenvalue weighted by atomic mass is 10.1. The first-order valence-corrected chi connectivity index (χ1v) is 7.55. The molecule has 0 heterocycles. The molecule has 1 aromatic carbocycles. The number of allylic oxidation sites excluding steroid dienone is 1. The third-order valence-electron chi connectivity index (χ3n) is 4.16. The van der Waals surface area contributed by atoms with E-state index in [2.05, 4.69) is 4.74 Å². The van der Waals surface area contributed by atoms with E-state index in [1.807, 2.05) is 0 Å². The second-order valence-electron chi connectivity index (χ2n) is 6.02. The molecule has 0 spiro atoms. The topological polar surface area (TPSA) is 26.3 Å². The maximum Gasteiger partial charge on any atom is 0.312 e. The third kappa shape index (κ3) is 3.46. The fraction of sp³-hybridized carbons (Fsp3) is 0.400. The number of rotatable bonds is 4. The highest BCUT2D eigenvalue weighted by Gasteiger charge is 2.62. The second kappa shape index (κ2) is 6.72. The van der Waals surface area contributed by atoms with Crippen LogP contribution in [-0.2, 0) is 9.53 Å². The van der Waals surface area contributed by atoms with Gasteiger partial charge in [0.1, 0.15) is 10.1 Å². The van der Waals surface area contributed by atoms with Crippen molar-refractivity contribution in [1.82, 2.24) is 0 Å². The Bertz CT molecular complexity index is 732. The monoisotopic (exact) mass is 406 g/mol. The largest absolute Gasteiger partial charge is 0.426 e. The van der Waals surface area contributed by atoms with Crippen LogP contribution in [0.1, 0.15) is 25.8 Å². The average molecular weight is 407 g/mol. The van der Waals surface area contributed by atoms with E-state index < -0.39 is 64.2 Å². The van der Waals surface area contributed by atoms with Crippen molar-refractivity contribution in [1.29, 1.82) is 0 Å². The smallest absolute Gasteiger partial charge is 0.312 e. The molecule has 1 aliphatic carbocycles. The average Bonchev–Trinajstić information content (AvgIpc) is 3.03. The van der Waals surface area contributed by atoms with Crippen LogP contribution < -0.4 is 0 Å². The van der Waals surface area contributed by atoms with E-state index in [4.69, 9.17) is 23.2 Å². The lowest BCUT2D eigenvalue weighted by Crippen LogP contribution is -2.17. The molecule has 0 radical (unpaired) electrons. The molecule has 2 rings (SSSR count). The quantitative estimate of drug-likeness (QED) is 0.286. The molecule has 1 aliphatic rings. The Morgan fingerprint density at radius 3 is 1.92 bits per heavy atom. The number of hydrogen-bond acceptors (Lipinski definition) is 2. The molecule has 1 aromatic rings. The van der Waals surface area contributed by atoms with Crippen molar-refractivity contribution >= 4 is 29.2 Å². The predicted molar refractivity (Wildman–Crippen MR) is 76.7 cm³/mol. The number of hydrogen-bond donors (Lipinski definition) is 0. The Kier molecular flexibility index (Phi) is 5.35. The van der Waals surface area contributed by atoms with Crippen LogP contribution in [0.25, 0.3) is 0 Å². The molecule has 0 amide bonds. The highest BCUT2D eigenvalue weighted by atomic mass is 35.5. The minimum atomic E-state index is -3.18. The Morgan fingerprint density at radius 2 is 1.48 bits per heavy atom. The Morgan fingerprint density at radius 1 is 1.04 bits per heavy atom. The van der Waals surface area contributed by atoms with Crippen LogP contribution in [0.5, 0.6) is 0 Å². The molecule has 138 valence electrons. The first-order valence-electron chi connectivity index (χ1n) is 6.80. The Balaban J connectivity index is 2.26. The molecule has 10 heteroatoms. The summed E-state index contributed by atoms with van der Waals surface area (Å²) in [6.45, 7) is 3.20. The summed E-state index contributed by atoms with van der Waals surface area (Å²) in [7, 11) is 0. The molecular formula is C15H10Cl2F6O2. The summed E-state index contributed by atoms with van der Waals surface area (Å²) >= 11 is 11.0. The summed E-state index contributed by atoms with van der Waals surface area (Å²) in [6.07, 6.45) is -1.87. The molecule has 2 nitrogen and oxygen atoms in total. The van der Waals surface area contributed by atoms with Crippen molar-refractivity contribution in [2.75, 3.05) is 0 Å². The molecule has 1 saturated carbocycles. The minimum absolute atomic E-state index is 0.148. The van der Waals surface area contributed by atoms with E-state index in [0.29, 0.717) is 0 Å². The van der Waals surface area contributed by atoms with Gasteiger partial charge >= 0.3 is 5.97 Å². The van der Waals surface area contributed by atoms with Crippen molar-refractivity contribution < 1.29 is 35.9 Å². The van der Waals surface area contributed by atoms with Crippen molar-refractivity contribution in [2.45, 2.75) is 20.2 Å². The van der Waals surface area contributed by atoms with Gasteiger partial charge in [-0.3, -0.25) is 4.79 Å². The van der Waals surface area contributed by atoms with Gasteiger partial charge in [0.05, 0.1) is 5.92 Å². The fourth-order valence-electron chi connectivity index (χ4n) is 2.63. The molecule has 0 N–H and O–H groups in total. The fourth-order valence-corrected chi connectivity index (χ4v) is 2.90. The van der Waals surface area contributed by atoms with Crippen LogP contribution in [0.2, 0.25) is 0 Å². The maximum absolute atomic E-state index is 14.0. The van der Waals surface area contributed by atoms with Gasteiger partial charge in [-0.2, -0.15) is 4.39 Å². The third-order valence-corrected chi connectivity index (χ3v) is 4.41. The molecule has 0 saturated heterocycles. The molecule has 0 aliphatic heterocycles. The highest BCUT2D eigenvalue weighted by molar-refractivity contribution is 6.55. The molecule has 25 heavy (non-hydrogen) atoms. The van der Waals surface area contributed by atoms with Gasteiger partial charge < -0.3 is 4.74 Å². The van der Waals surface area contributed by atoms with E-state index >= 15 is 0 Å². The zero-order chi connectivity index (χ0) is 19.3. The van der Waals surface area contributed by atoms with Gasteiger partial charge in [-0.25, -0.2) is 22.0 Å². The maximum atomic E-state index is 14.0. The SMILES string of the molecule is CC1(C)C(C=C(Cl)Cl)C1C(=O)OC(F)c1c(F)c(F)c(F)c(F)c1F. The summed E-state index contributed by atoms with van der Waals surface area (Å²) in [5.74, 6) is -14.6. The number of alkyl halides is 1. The van der Waals surface area contributed by atoms with Gasteiger partial charge in [-0.15, -0.1) is 0 Å². The van der Waals surface area contributed by atoms with Gasteiger partial charge in [0.2, 0.25) is 5.82 Å². The zero-order valence-corrected chi connectivity index (χ0v) is 14.2. The Labute approximate surface area is 148 Å². The van der Waals surface area contributed by atoms with Crippen LogP contribution in [-0.4, -0.2) is 5.97 Å². The first kappa shape index (κ1) is 19.9. The normalized spacial score (nSPS) is 22.3. The molecule has 1 fully saturated rings. The van der Waals surface area contributed by atoms with Gasteiger partial charge in [0, 0.05) is 0 Å². The number of esters is 1. The lowest BCUT2D eigenvalue weighted by Gasteiger charge is -2.14. The second-order valence-corrected chi connectivity index (χ2v) is 7.03. The van der Waals surface area contributed by atoms with Crippen molar-refractivity contribution in [3.8, 4) is 0 Å². The van der Waals surface area contributed by atoms with E-state index in [1.165, 1.54) is 6.08 Å². The lowest BCUT2D eigenvalue weighted by molar-refractivity contribution is -0.161. The van der Waals surface area contributed by atoms with Crippen LogP contribution in [0.3, 0.4) is 0 Å². The van der Waals surface area contributed by atoms with Crippen LogP contribution in [0.15, 0.2) is 10.6 Å². The van der Waals surface area contributed by atoms with E-state index in [1.54, 1.807) is 13.8 Å². The standard InChI is InChI=1S/C15H10Cl2F6O2/c1-15(2)4(3-5(16)17)7(15)14(24)25-13(23)6-8(18)10(20)12(22)11(21)9(6)19/h3-4,7,13H,1-2H3. The summed E-state index contributed by atoms with van der Waals surface area (Å²) in [5.41, 5.74) is -2.60. The van der Waals surface area contributed by atoms with Crippen molar-refractivity contribution in [3.63, 3.8) is 0 Å². The summed E-state index contributed by atoms with van der Waals surface area (Å²) < 4.78 is 84.3. The summed E-state index contributed by atoms with van der Waals surface area (Å²) in [4.78, 5) is 12.0. The van der Waals surface area contributed by atoms with Gasteiger partial charge in [0.25, 0.3) is 6.36 Å². The number of benzene rings is 1. The molecule has 3 atom stereocenters. The van der Waals surface area contributed by atoms with Crippen LogP contribution in [0, 0.1) is 46.3 Å². The first-order chi connectivity index (χ1) is 11.4. The molecule has 0 bridgehead atoms. The molecule has 3 unspecified atom stereocenters. The van der Waals surface area contributed by atoms with Gasteiger partial charge in [-0.05, 0) is 17.4 Å². The van der Waals surface area contributed by atoms with E-state index in [0.717, 1.165) is 0 Å². The molecule has 0 aromatic heterocycles. The molecular weight excluding hydrogens is 397 g/mol. The van der Waals surface area contributed by atoms with Crippen molar-refractivity contribution in [3.05, 3.63) is 45.2 Å². The van der Waals surface area contributed by atoms with Crippen molar-refractivity contribution in [2.24, 2.45) is 17.3 Å². The Hall–Kier alpha value is -1.41. The number of halogens is 8. The predicted octanol–water partition coefficient (Wildman–Crippen LogP) is 5.48. The number of ether oxygens (including phenoxy) is 1. The number of carbonyl (C=O) groups excluding carboxylic acids is 1. The van der Waals surface area contributed by atoms with Gasteiger partial charge in [-0.1, -0.05) is 37.0 Å². The minimum Gasteiger partial charge on any atom is -0.426 e. The van der Waals surface area contributed by atoms with E-state index in [9.17, 15) is 31.1 Å². The number of carbonyl (C=O) groups is 1. The van der Waals surface area contributed by atoms with E-state index in [-0.39, 0.29) is 4.49 Å². The van der Waals surface area contributed by atoms with Crippen LogP contribution >= 0.6 is 23.2 Å². The highest BCUT2D eigenvalue weighted by Crippen LogP contribution is 2.60.